The van der Waals surface area contributed by atoms with Gasteiger partial charge in [0, 0.05) is 49.7 Å². The zero-order valence-corrected chi connectivity index (χ0v) is 14.7. The van der Waals surface area contributed by atoms with Crippen molar-refractivity contribution in [1.82, 2.24) is 15.1 Å². The highest BCUT2D eigenvalue weighted by molar-refractivity contribution is 5.94. The number of anilines is 1. The van der Waals surface area contributed by atoms with Crippen LogP contribution >= 0.6 is 0 Å². The molecule has 2 N–H and O–H groups in total. The third-order valence-corrected chi connectivity index (χ3v) is 6.04. The van der Waals surface area contributed by atoms with E-state index in [-0.39, 0.29) is 17.9 Å². The second-order valence-corrected chi connectivity index (χ2v) is 7.51. The minimum Gasteiger partial charge on any atom is -0.337 e. The van der Waals surface area contributed by atoms with E-state index >= 15 is 0 Å². The Morgan fingerprint density at radius 2 is 2.04 bits per heavy atom. The number of likely N-dealkylation sites (N-methyl/N-ethyl adjacent to an activating group) is 1. The molecule has 0 aliphatic carbocycles. The van der Waals surface area contributed by atoms with Crippen LogP contribution in [-0.4, -0.2) is 60.5 Å². The fraction of sp³-hybridized carbons (Fsp3) is 0.579. The first-order valence-electron chi connectivity index (χ1n) is 9.25. The van der Waals surface area contributed by atoms with Crippen LogP contribution in [-0.2, 0) is 4.79 Å². The smallest absolute Gasteiger partial charge is 0.317 e. The number of amides is 3. The first-order chi connectivity index (χ1) is 12.1. The molecule has 1 aromatic carbocycles. The molecular formula is C19H26N4O2. The highest BCUT2D eigenvalue weighted by atomic mass is 16.2. The predicted octanol–water partition coefficient (Wildman–Crippen LogP) is 1.99. The summed E-state index contributed by atoms with van der Waals surface area (Å²) >= 11 is 0. The molecule has 2 saturated heterocycles. The molecule has 6 nitrogen and oxygen atoms in total. The van der Waals surface area contributed by atoms with Gasteiger partial charge in [0.05, 0.1) is 0 Å². The van der Waals surface area contributed by atoms with Crippen LogP contribution in [0.25, 0.3) is 0 Å². The van der Waals surface area contributed by atoms with Gasteiger partial charge >= 0.3 is 6.03 Å². The molecular weight excluding hydrogens is 316 g/mol. The van der Waals surface area contributed by atoms with E-state index in [9.17, 15) is 9.59 Å². The largest absolute Gasteiger partial charge is 0.337 e. The van der Waals surface area contributed by atoms with Gasteiger partial charge in [0.1, 0.15) is 0 Å². The van der Waals surface area contributed by atoms with Gasteiger partial charge in [-0.25, -0.2) is 4.79 Å². The summed E-state index contributed by atoms with van der Waals surface area (Å²) in [5, 5.41) is 5.98. The zero-order valence-electron chi connectivity index (χ0n) is 14.7. The predicted molar refractivity (Wildman–Crippen MR) is 96.6 cm³/mol. The number of benzene rings is 1. The van der Waals surface area contributed by atoms with Gasteiger partial charge in [-0.15, -0.1) is 0 Å². The number of hydrogen-bond acceptors (Lipinski definition) is 3. The highest BCUT2D eigenvalue weighted by Crippen LogP contribution is 2.32. The first-order valence-corrected chi connectivity index (χ1v) is 9.25. The normalized spacial score (nSPS) is 28.9. The number of urea groups is 1. The SMILES string of the molecule is CN1[C@H]2CC[C@H]1CN(C(=O)NC[C@H]1CC(=O)Nc3ccccc31)CC2. The summed E-state index contributed by atoms with van der Waals surface area (Å²) < 4.78 is 0. The van der Waals surface area contributed by atoms with Crippen molar-refractivity contribution in [3.63, 3.8) is 0 Å². The van der Waals surface area contributed by atoms with Crippen LogP contribution in [0.1, 0.15) is 37.2 Å². The number of para-hydroxylation sites is 1. The lowest BCUT2D eigenvalue weighted by molar-refractivity contribution is -0.116. The minimum absolute atomic E-state index is 0.00409. The van der Waals surface area contributed by atoms with Crippen molar-refractivity contribution < 1.29 is 9.59 Å². The molecule has 0 aromatic heterocycles. The molecule has 6 heteroatoms. The van der Waals surface area contributed by atoms with Crippen LogP contribution in [0.3, 0.4) is 0 Å². The Balaban J connectivity index is 1.38. The fourth-order valence-electron chi connectivity index (χ4n) is 4.50. The number of hydrogen-bond donors (Lipinski definition) is 2. The second-order valence-electron chi connectivity index (χ2n) is 7.51. The van der Waals surface area contributed by atoms with Crippen molar-refractivity contribution in [3.8, 4) is 0 Å². The Labute approximate surface area is 148 Å². The summed E-state index contributed by atoms with van der Waals surface area (Å²) in [7, 11) is 2.18. The number of carbonyl (C=O) groups excluding carboxylic acids is 2. The Bertz CT molecular complexity index is 677. The van der Waals surface area contributed by atoms with E-state index < -0.39 is 0 Å². The first kappa shape index (κ1) is 16.4. The zero-order chi connectivity index (χ0) is 17.4. The van der Waals surface area contributed by atoms with Crippen molar-refractivity contribution in [2.45, 2.75) is 43.7 Å². The van der Waals surface area contributed by atoms with Crippen molar-refractivity contribution >= 4 is 17.6 Å². The van der Waals surface area contributed by atoms with Crippen LogP contribution in [0.5, 0.6) is 0 Å². The maximum atomic E-state index is 12.7. The molecule has 25 heavy (non-hydrogen) atoms. The molecule has 1 aromatic rings. The van der Waals surface area contributed by atoms with E-state index in [2.05, 4.69) is 22.6 Å². The molecule has 4 rings (SSSR count). The van der Waals surface area contributed by atoms with Gasteiger partial charge in [0.25, 0.3) is 0 Å². The van der Waals surface area contributed by atoms with Crippen molar-refractivity contribution in [1.29, 1.82) is 0 Å². The van der Waals surface area contributed by atoms with Crippen LogP contribution in [0.2, 0.25) is 0 Å². The second kappa shape index (κ2) is 6.67. The maximum Gasteiger partial charge on any atom is 0.317 e. The number of rotatable bonds is 2. The molecule has 2 fully saturated rings. The van der Waals surface area contributed by atoms with Crippen molar-refractivity contribution in [2.24, 2.45) is 0 Å². The summed E-state index contributed by atoms with van der Waals surface area (Å²) in [5.74, 6) is 0.0617. The van der Waals surface area contributed by atoms with Crippen LogP contribution in [0, 0.1) is 0 Å². The Morgan fingerprint density at radius 3 is 2.92 bits per heavy atom. The molecule has 3 aliphatic rings. The number of nitrogens with zero attached hydrogens (tertiary/aromatic N) is 2. The summed E-state index contributed by atoms with van der Waals surface area (Å²) in [6.07, 6.45) is 3.91. The van der Waals surface area contributed by atoms with Crippen LogP contribution < -0.4 is 10.6 Å². The minimum atomic E-state index is 0.00409. The quantitative estimate of drug-likeness (QED) is 0.864. The van der Waals surface area contributed by atoms with Gasteiger partial charge in [-0.1, -0.05) is 18.2 Å². The van der Waals surface area contributed by atoms with E-state index in [0.717, 1.165) is 30.8 Å². The van der Waals surface area contributed by atoms with Gasteiger partial charge in [0.2, 0.25) is 5.91 Å². The lowest BCUT2D eigenvalue weighted by Crippen LogP contribution is -2.46. The van der Waals surface area contributed by atoms with Crippen LogP contribution in [0.15, 0.2) is 24.3 Å². The van der Waals surface area contributed by atoms with Crippen LogP contribution in [0.4, 0.5) is 10.5 Å². The van der Waals surface area contributed by atoms with Gasteiger partial charge in [-0.2, -0.15) is 0 Å². The molecule has 0 radical (unpaired) electrons. The summed E-state index contributed by atoms with van der Waals surface area (Å²) in [5.41, 5.74) is 1.98. The number of fused-ring (bicyclic) bond motifs is 3. The third kappa shape index (κ3) is 3.23. The topological polar surface area (TPSA) is 64.7 Å². The third-order valence-electron chi connectivity index (χ3n) is 6.04. The standard InChI is InChI=1S/C19H26N4O2/c1-22-14-6-7-15(22)12-23(9-8-14)19(25)20-11-13-10-18(24)21-17-5-3-2-4-16(13)17/h2-5,13-15H,6-12H2,1H3,(H,20,25)(H,21,24)/t13-,14+,15+/m1/s1. The molecule has 3 amide bonds. The van der Waals surface area contributed by atoms with E-state index in [0.29, 0.717) is 25.0 Å². The summed E-state index contributed by atoms with van der Waals surface area (Å²) in [4.78, 5) is 29.0. The molecule has 2 bridgehead atoms. The summed E-state index contributed by atoms with van der Waals surface area (Å²) in [6, 6.07) is 8.96. The molecule has 0 unspecified atom stereocenters. The van der Waals surface area contributed by atoms with E-state index in [1.807, 2.05) is 29.2 Å². The fourth-order valence-corrected chi connectivity index (χ4v) is 4.50. The summed E-state index contributed by atoms with van der Waals surface area (Å²) in [6.45, 7) is 2.13. The molecule has 0 saturated carbocycles. The monoisotopic (exact) mass is 342 g/mol. The molecule has 3 heterocycles. The Hall–Kier alpha value is -2.08. The average Bonchev–Trinajstić information content (AvgIpc) is 2.84. The molecule has 3 atom stereocenters. The highest BCUT2D eigenvalue weighted by Gasteiger charge is 2.36. The lowest BCUT2D eigenvalue weighted by Gasteiger charge is -2.29. The van der Waals surface area contributed by atoms with Gasteiger partial charge in [0.15, 0.2) is 0 Å². The van der Waals surface area contributed by atoms with E-state index in [1.165, 1.54) is 12.8 Å². The lowest BCUT2D eigenvalue weighted by atomic mass is 9.90. The Kier molecular flexibility index (Phi) is 4.37. The maximum absolute atomic E-state index is 12.7. The number of carbonyl (C=O) groups is 2. The average molecular weight is 342 g/mol. The molecule has 134 valence electrons. The molecule has 3 aliphatic heterocycles. The molecule has 0 spiro atoms. The van der Waals surface area contributed by atoms with Crippen molar-refractivity contribution in [3.05, 3.63) is 29.8 Å². The van der Waals surface area contributed by atoms with Gasteiger partial charge in [-0.3, -0.25) is 9.69 Å². The van der Waals surface area contributed by atoms with E-state index in [4.69, 9.17) is 0 Å². The van der Waals surface area contributed by atoms with E-state index in [1.54, 1.807) is 0 Å². The van der Waals surface area contributed by atoms with Crippen molar-refractivity contribution in [2.75, 3.05) is 32.0 Å². The number of likely N-dealkylation sites (tertiary alicyclic amines) is 1. The van der Waals surface area contributed by atoms with Gasteiger partial charge < -0.3 is 15.5 Å². The Morgan fingerprint density at radius 1 is 1.24 bits per heavy atom. The number of nitrogens with one attached hydrogen (secondary N) is 2. The van der Waals surface area contributed by atoms with Gasteiger partial charge in [-0.05, 0) is 37.9 Å².